The maximum Gasteiger partial charge on any atom is 0.284 e. The number of primary amides is 1. The van der Waals surface area contributed by atoms with Gasteiger partial charge in [0.2, 0.25) is 5.91 Å². The van der Waals surface area contributed by atoms with E-state index in [0.29, 0.717) is 12.4 Å². The number of carbonyl (C=O) groups is 1. The Morgan fingerprint density at radius 3 is 2.97 bits per heavy atom. The lowest BCUT2D eigenvalue weighted by molar-refractivity contribution is -0.118. The third kappa shape index (κ3) is 3.61. The molecule has 2 aliphatic rings. The summed E-state index contributed by atoms with van der Waals surface area (Å²) in [5.41, 5.74) is 6.88. The molecule has 1 fully saturated rings. The first-order valence-corrected chi connectivity index (χ1v) is 10.2. The molecule has 0 spiro atoms. The highest BCUT2D eigenvalue weighted by molar-refractivity contribution is 7.99. The van der Waals surface area contributed by atoms with Crippen LogP contribution in [0.4, 0.5) is 20.3 Å². The van der Waals surface area contributed by atoms with Gasteiger partial charge >= 0.3 is 0 Å². The van der Waals surface area contributed by atoms with Gasteiger partial charge in [-0.2, -0.15) is 0 Å². The molecule has 0 radical (unpaired) electrons. The Balaban J connectivity index is 1.71. The van der Waals surface area contributed by atoms with Crippen molar-refractivity contribution in [2.75, 3.05) is 22.6 Å². The molecule has 2 aromatic rings. The minimum atomic E-state index is -2.71. The van der Waals surface area contributed by atoms with E-state index in [1.54, 1.807) is 36.9 Å². The molecule has 0 aliphatic carbocycles. The minimum Gasteiger partial charge on any atom is -0.468 e. The van der Waals surface area contributed by atoms with Crippen molar-refractivity contribution in [1.29, 1.82) is 0 Å². The number of rotatable bonds is 5. The smallest absolute Gasteiger partial charge is 0.284 e. The van der Waals surface area contributed by atoms with E-state index < -0.39 is 24.4 Å². The van der Waals surface area contributed by atoms with Gasteiger partial charge < -0.3 is 20.4 Å². The van der Waals surface area contributed by atoms with Crippen molar-refractivity contribution in [3.63, 3.8) is 0 Å². The molecule has 0 bridgehead atoms. The number of anilines is 2. The van der Waals surface area contributed by atoms with Crippen LogP contribution >= 0.6 is 11.8 Å². The van der Waals surface area contributed by atoms with Gasteiger partial charge in [0.25, 0.3) is 12.3 Å². The number of imidazole rings is 1. The number of alkyl halides is 2. The zero-order valence-corrected chi connectivity index (χ0v) is 16.8. The van der Waals surface area contributed by atoms with Crippen LogP contribution < -0.4 is 16.0 Å². The molecular formula is C19H19F2N5O3S. The highest BCUT2D eigenvalue weighted by atomic mass is 32.2. The highest BCUT2D eigenvalue weighted by Gasteiger charge is 2.40. The second-order valence-corrected chi connectivity index (χ2v) is 8.07. The second kappa shape index (κ2) is 8.00. The predicted octanol–water partition coefficient (Wildman–Crippen LogP) is 2.08. The predicted molar refractivity (Wildman–Crippen MR) is 108 cm³/mol. The molecule has 1 amide bonds. The first kappa shape index (κ1) is 20.2. The fourth-order valence-electron chi connectivity index (χ4n) is 3.39. The Morgan fingerprint density at radius 2 is 2.27 bits per heavy atom. The van der Waals surface area contributed by atoms with E-state index in [9.17, 15) is 18.4 Å². The average molecular weight is 435 g/mol. The van der Waals surface area contributed by atoms with Crippen LogP contribution in [0.5, 0.6) is 0 Å². The summed E-state index contributed by atoms with van der Waals surface area (Å²) in [4.78, 5) is 29.1. The third-order valence-electron chi connectivity index (χ3n) is 4.95. The Hall–Kier alpha value is -3.04. The monoisotopic (exact) mass is 435 g/mol. The number of nitrogens with zero attached hydrogens (tertiary/aromatic N) is 3. The lowest BCUT2D eigenvalue weighted by atomic mass is 10.1. The summed E-state index contributed by atoms with van der Waals surface area (Å²) in [5.74, 6) is 2.38. The molecule has 8 nitrogen and oxygen atoms in total. The number of ether oxygens (including phenoxy) is 1. The summed E-state index contributed by atoms with van der Waals surface area (Å²) >= 11 is 1.63. The summed E-state index contributed by atoms with van der Waals surface area (Å²) < 4.78 is 33.8. The van der Waals surface area contributed by atoms with Crippen molar-refractivity contribution in [2.24, 2.45) is 5.73 Å². The first-order valence-electron chi connectivity index (χ1n) is 9.24. The van der Waals surface area contributed by atoms with Gasteiger partial charge in [-0.25, -0.2) is 18.6 Å². The number of nitrogens with two attached hydrogens (primary N) is 1. The molecule has 1 unspecified atom stereocenters. The molecule has 11 heteroatoms. The maximum atomic E-state index is 13.4. The van der Waals surface area contributed by atoms with Crippen LogP contribution in [0.1, 0.15) is 6.92 Å². The van der Waals surface area contributed by atoms with Crippen LogP contribution in [0.3, 0.4) is 0 Å². The zero-order valence-electron chi connectivity index (χ0n) is 16.0. The van der Waals surface area contributed by atoms with Gasteiger partial charge in [0.1, 0.15) is 24.5 Å². The van der Waals surface area contributed by atoms with Crippen LogP contribution in [0.25, 0.3) is 11.4 Å². The van der Waals surface area contributed by atoms with Gasteiger partial charge in [-0.05, 0) is 25.1 Å². The highest BCUT2D eigenvalue weighted by Crippen LogP contribution is 2.39. The minimum absolute atomic E-state index is 0.216. The SMILES string of the molecule is CC(Nc1ccc2c(c1)SCCn1cc(N3C(=C=O)OC[C@H]3C(F)F)nc1-2)C(N)=O. The molecule has 3 heterocycles. The van der Waals surface area contributed by atoms with Gasteiger partial charge in [-0.1, -0.05) is 0 Å². The summed E-state index contributed by atoms with van der Waals surface area (Å²) in [5, 5.41) is 3.05. The van der Waals surface area contributed by atoms with E-state index in [2.05, 4.69) is 10.3 Å². The largest absolute Gasteiger partial charge is 0.468 e. The topological polar surface area (TPSA) is 102 Å². The summed E-state index contributed by atoms with van der Waals surface area (Å²) in [6.07, 6.45) is -1.06. The van der Waals surface area contributed by atoms with Crippen LogP contribution in [-0.2, 0) is 20.9 Å². The fourth-order valence-corrected chi connectivity index (χ4v) is 4.42. The molecule has 0 saturated carbocycles. The van der Waals surface area contributed by atoms with Gasteiger partial charge in [0.15, 0.2) is 11.8 Å². The van der Waals surface area contributed by atoms with E-state index in [1.165, 1.54) is 0 Å². The number of halogens is 2. The van der Waals surface area contributed by atoms with Crippen molar-refractivity contribution in [3.05, 3.63) is 30.3 Å². The third-order valence-corrected chi connectivity index (χ3v) is 5.99. The number of aryl methyl sites for hydroxylation is 1. The molecule has 1 aromatic heterocycles. The molecule has 1 aromatic carbocycles. The number of aromatic nitrogens is 2. The Bertz CT molecular complexity index is 1040. The lowest BCUT2D eigenvalue weighted by Crippen LogP contribution is -2.36. The molecule has 2 aliphatic heterocycles. The summed E-state index contributed by atoms with van der Waals surface area (Å²) in [6.45, 7) is 1.98. The van der Waals surface area contributed by atoms with E-state index >= 15 is 0 Å². The normalized spacial score (nSPS) is 18.9. The van der Waals surface area contributed by atoms with Gasteiger partial charge in [0.05, 0.1) is 0 Å². The Kier molecular flexibility index (Phi) is 5.40. The summed E-state index contributed by atoms with van der Waals surface area (Å²) in [7, 11) is 0. The number of benzene rings is 1. The van der Waals surface area contributed by atoms with Gasteiger partial charge in [-0.15, -0.1) is 11.8 Å². The van der Waals surface area contributed by atoms with Gasteiger partial charge in [-0.3, -0.25) is 9.69 Å². The van der Waals surface area contributed by atoms with Crippen molar-refractivity contribution < 1.29 is 23.1 Å². The lowest BCUT2D eigenvalue weighted by Gasteiger charge is -2.19. The number of hydrogen-bond acceptors (Lipinski definition) is 7. The van der Waals surface area contributed by atoms with Crippen LogP contribution in [-0.4, -0.2) is 52.3 Å². The van der Waals surface area contributed by atoms with Crippen LogP contribution in [0, 0.1) is 0 Å². The fraction of sp³-hybridized carbons (Fsp3) is 0.368. The number of hydrogen-bond donors (Lipinski definition) is 2. The number of amides is 1. The number of nitrogens with one attached hydrogen (secondary N) is 1. The number of fused-ring (bicyclic) bond motifs is 3. The van der Waals surface area contributed by atoms with E-state index in [1.807, 2.05) is 16.7 Å². The molecular weight excluding hydrogens is 416 g/mol. The van der Waals surface area contributed by atoms with Crippen molar-refractivity contribution in [2.45, 2.75) is 36.9 Å². The first-order chi connectivity index (χ1) is 14.4. The molecule has 158 valence electrons. The van der Waals surface area contributed by atoms with E-state index in [0.717, 1.165) is 26.8 Å². The van der Waals surface area contributed by atoms with E-state index in [-0.39, 0.29) is 18.3 Å². The van der Waals surface area contributed by atoms with Crippen LogP contribution in [0.2, 0.25) is 0 Å². The van der Waals surface area contributed by atoms with Crippen molar-refractivity contribution in [1.82, 2.24) is 9.55 Å². The maximum absolute atomic E-state index is 13.4. The molecule has 3 N–H and O–H groups in total. The average Bonchev–Trinajstić information content (AvgIpc) is 3.28. The van der Waals surface area contributed by atoms with Crippen LogP contribution in [0.15, 0.2) is 35.2 Å². The summed E-state index contributed by atoms with van der Waals surface area (Å²) in [6, 6.07) is 3.74. The Labute approximate surface area is 175 Å². The standard InChI is InChI=1S/C19H19F2N5O3S/c1-10(18(22)28)23-11-2-3-12-14(6-11)30-5-4-25-7-15(24-19(12)25)26-13(17(20)21)9-29-16(26)8-27/h2-3,6-7,10,13,17,23H,4-5,9H2,1H3,(H2,22,28)/t10?,13-/m0/s1. The Morgan fingerprint density at radius 1 is 1.47 bits per heavy atom. The molecule has 30 heavy (non-hydrogen) atoms. The second-order valence-electron chi connectivity index (χ2n) is 6.93. The quantitative estimate of drug-likeness (QED) is 0.694. The van der Waals surface area contributed by atoms with E-state index in [4.69, 9.17) is 10.5 Å². The van der Waals surface area contributed by atoms with Crippen molar-refractivity contribution in [3.8, 4) is 11.4 Å². The zero-order chi connectivity index (χ0) is 21.4. The number of thioether (sulfide) groups is 1. The molecule has 2 atom stereocenters. The molecule has 4 rings (SSSR count). The number of carbonyl (C=O) groups excluding carboxylic acids is 2. The van der Waals surface area contributed by atoms with Gasteiger partial charge in [0, 0.05) is 34.6 Å². The van der Waals surface area contributed by atoms with Crippen molar-refractivity contribution >= 4 is 35.1 Å². The molecule has 1 saturated heterocycles.